The molecule has 0 saturated heterocycles. The van der Waals surface area contributed by atoms with E-state index >= 15 is 0 Å². The molecule has 0 unspecified atom stereocenters. The summed E-state index contributed by atoms with van der Waals surface area (Å²) in [7, 11) is -2.48. The zero-order valence-electron chi connectivity index (χ0n) is 13.8. The van der Waals surface area contributed by atoms with Crippen LogP contribution in [0.2, 0.25) is 0 Å². The molecule has 0 atom stereocenters. The Labute approximate surface area is 145 Å². The van der Waals surface area contributed by atoms with Gasteiger partial charge in [0.2, 0.25) is 0 Å². The number of hydrogen-bond acceptors (Lipinski definition) is 5. The van der Waals surface area contributed by atoms with Crippen LogP contribution in [-0.4, -0.2) is 32.1 Å². The zero-order valence-corrected chi connectivity index (χ0v) is 14.6. The molecule has 3 aromatic rings. The van der Waals surface area contributed by atoms with Crippen LogP contribution in [0.4, 0.5) is 0 Å². The lowest BCUT2D eigenvalue weighted by atomic mass is 10.2. The molecule has 0 radical (unpaired) electrons. The van der Waals surface area contributed by atoms with Crippen LogP contribution in [0.3, 0.4) is 0 Å². The van der Waals surface area contributed by atoms with Crippen LogP contribution in [0, 0.1) is 0 Å². The number of hydrogen-bond donors (Lipinski definition) is 0. The number of carbonyl (C=O) groups is 1. The molecule has 0 aliphatic heterocycles. The lowest BCUT2D eigenvalue weighted by molar-refractivity contribution is 0.0518. The lowest BCUT2D eigenvalue weighted by Crippen LogP contribution is -2.19. The SMILES string of the molecule is CCOC(=O)c1cc2ccccc2n1S(=O)(=O)c1ccc(OC)cc1. The fraction of sp³-hybridized carbons (Fsp3) is 0.167. The van der Waals surface area contributed by atoms with Gasteiger partial charge in [0.15, 0.2) is 0 Å². The monoisotopic (exact) mass is 359 g/mol. The molecule has 0 bridgehead atoms. The van der Waals surface area contributed by atoms with Gasteiger partial charge in [0, 0.05) is 5.39 Å². The predicted octanol–water partition coefficient (Wildman–Crippen LogP) is 3.06. The van der Waals surface area contributed by atoms with Crippen molar-refractivity contribution >= 4 is 26.9 Å². The third-order valence-corrected chi connectivity index (χ3v) is 5.49. The Balaban J connectivity index is 2.24. The molecule has 0 spiro atoms. The van der Waals surface area contributed by atoms with Gasteiger partial charge in [-0.3, -0.25) is 0 Å². The maximum Gasteiger partial charge on any atom is 0.356 e. The number of benzene rings is 2. The number of carbonyl (C=O) groups excluding carboxylic acids is 1. The third kappa shape index (κ3) is 2.98. The number of methoxy groups -OCH3 is 1. The van der Waals surface area contributed by atoms with E-state index in [2.05, 4.69) is 0 Å². The van der Waals surface area contributed by atoms with Crippen molar-refractivity contribution in [2.75, 3.05) is 13.7 Å². The third-order valence-electron chi connectivity index (χ3n) is 3.75. The van der Waals surface area contributed by atoms with Crippen molar-refractivity contribution in [3.63, 3.8) is 0 Å². The highest BCUT2D eigenvalue weighted by atomic mass is 32.2. The van der Waals surface area contributed by atoms with Gasteiger partial charge in [0.1, 0.15) is 11.4 Å². The maximum absolute atomic E-state index is 13.2. The normalized spacial score (nSPS) is 11.4. The van der Waals surface area contributed by atoms with Gasteiger partial charge in [-0.25, -0.2) is 17.2 Å². The molecule has 6 nitrogen and oxygen atoms in total. The van der Waals surface area contributed by atoms with Crippen molar-refractivity contribution in [3.05, 3.63) is 60.3 Å². The molecule has 7 heteroatoms. The van der Waals surface area contributed by atoms with E-state index in [1.807, 2.05) is 0 Å². The van der Waals surface area contributed by atoms with E-state index in [4.69, 9.17) is 9.47 Å². The molecule has 130 valence electrons. The van der Waals surface area contributed by atoms with Crippen molar-refractivity contribution < 1.29 is 22.7 Å². The molecule has 0 saturated carbocycles. The average molecular weight is 359 g/mol. The molecule has 3 rings (SSSR count). The van der Waals surface area contributed by atoms with Gasteiger partial charge in [0.05, 0.1) is 24.1 Å². The van der Waals surface area contributed by atoms with Gasteiger partial charge in [-0.15, -0.1) is 0 Å². The number of para-hydroxylation sites is 1. The van der Waals surface area contributed by atoms with Crippen molar-refractivity contribution in [2.24, 2.45) is 0 Å². The minimum atomic E-state index is -3.98. The maximum atomic E-state index is 13.2. The first-order chi connectivity index (χ1) is 12.0. The van der Waals surface area contributed by atoms with Crippen LogP contribution in [0.1, 0.15) is 17.4 Å². The number of aromatic nitrogens is 1. The Morgan fingerprint density at radius 3 is 2.40 bits per heavy atom. The number of ether oxygens (including phenoxy) is 2. The van der Waals surface area contributed by atoms with E-state index in [9.17, 15) is 13.2 Å². The second-order valence-corrected chi connectivity index (χ2v) is 7.04. The van der Waals surface area contributed by atoms with Gasteiger partial charge in [-0.05, 0) is 43.3 Å². The van der Waals surface area contributed by atoms with Crippen molar-refractivity contribution in [2.45, 2.75) is 11.8 Å². The highest BCUT2D eigenvalue weighted by molar-refractivity contribution is 7.90. The smallest absolute Gasteiger partial charge is 0.356 e. The summed E-state index contributed by atoms with van der Waals surface area (Å²) in [6, 6.07) is 14.4. The summed E-state index contributed by atoms with van der Waals surface area (Å²) < 4.78 is 37.4. The highest BCUT2D eigenvalue weighted by Crippen LogP contribution is 2.27. The first-order valence-corrected chi connectivity index (χ1v) is 9.10. The van der Waals surface area contributed by atoms with Crippen LogP contribution in [0.15, 0.2) is 59.5 Å². The molecule has 1 aromatic heterocycles. The summed E-state index contributed by atoms with van der Waals surface area (Å²) in [5.41, 5.74) is 0.389. The van der Waals surface area contributed by atoms with E-state index in [0.717, 1.165) is 3.97 Å². The fourth-order valence-electron chi connectivity index (χ4n) is 2.59. The molecular formula is C18H17NO5S. The Kier molecular flexibility index (Phi) is 4.50. The van der Waals surface area contributed by atoms with Gasteiger partial charge in [0.25, 0.3) is 10.0 Å². The highest BCUT2D eigenvalue weighted by Gasteiger charge is 2.27. The van der Waals surface area contributed by atoms with E-state index in [1.54, 1.807) is 43.3 Å². The molecular weight excluding hydrogens is 342 g/mol. The van der Waals surface area contributed by atoms with E-state index in [0.29, 0.717) is 16.7 Å². The number of rotatable bonds is 5. The second-order valence-electron chi connectivity index (χ2n) is 5.25. The van der Waals surface area contributed by atoms with Gasteiger partial charge < -0.3 is 9.47 Å². The largest absolute Gasteiger partial charge is 0.497 e. The average Bonchev–Trinajstić information content (AvgIpc) is 3.02. The van der Waals surface area contributed by atoms with Crippen LogP contribution in [0.5, 0.6) is 5.75 Å². The first kappa shape index (κ1) is 17.0. The standard InChI is InChI=1S/C18H17NO5S/c1-3-24-18(20)17-12-13-6-4-5-7-16(13)19(17)25(21,22)15-10-8-14(23-2)9-11-15/h4-12H,3H2,1-2H3. The Morgan fingerprint density at radius 1 is 1.08 bits per heavy atom. The number of fused-ring (bicyclic) bond motifs is 1. The Hall–Kier alpha value is -2.80. The van der Waals surface area contributed by atoms with E-state index < -0.39 is 16.0 Å². The van der Waals surface area contributed by atoms with Gasteiger partial charge >= 0.3 is 5.97 Å². The van der Waals surface area contributed by atoms with Crippen LogP contribution in [0.25, 0.3) is 10.9 Å². The molecule has 1 heterocycles. The minimum absolute atomic E-state index is 0.0288. The van der Waals surface area contributed by atoms with Crippen molar-refractivity contribution in [1.82, 2.24) is 3.97 Å². The molecule has 2 aromatic carbocycles. The predicted molar refractivity (Wildman–Crippen MR) is 93.5 cm³/mol. The molecule has 0 fully saturated rings. The summed E-state index contributed by atoms with van der Waals surface area (Å²) in [5, 5.41) is 0.641. The number of nitrogens with zero attached hydrogens (tertiary/aromatic N) is 1. The van der Waals surface area contributed by atoms with Crippen LogP contribution < -0.4 is 4.74 Å². The molecule has 0 N–H and O–H groups in total. The first-order valence-electron chi connectivity index (χ1n) is 7.66. The molecule has 0 amide bonds. The molecule has 0 aliphatic carbocycles. The summed E-state index contributed by atoms with van der Waals surface area (Å²) >= 11 is 0. The van der Waals surface area contributed by atoms with Gasteiger partial charge in [-0.2, -0.15) is 0 Å². The van der Waals surface area contributed by atoms with Gasteiger partial charge in [-0.1, -0.05) is 18.2 Å². The fourth-order valence-corrected chi connectivity index (χ4v) is 4.09. The van der Waals surface area contributed by atoms with Crippen LogP contribution >= 0.6 is 0 Å². The summed E-state index contributed by atoms with van der Waals surface area (Å²) in [5.74, 6) is -0.141. The number of esters is 1. The quantitative estimate of drug-likeness (QED) is 0.655. The van der Waals surface area contributed by atoms with Crippen LogP contribution in [-0.2, 0) is 14.8 Å². The lowest BCUT2D eigenvalue weighted by Gasteiger charge is -2.12. The topological polar surface area (TPSA) is 74.6 Å². The summed E-state index contributed by atoms with van der Waals surface area (Å²) in [6.07, 6.45) is 0. The van der Waals surface area contributed by atoms with Crippen molar-refractivity contribution in [3.8, 4) is 5.75 Å². The van der Waals surface area contributed by atoms with Crippen molar-refractivity contribution in [1.29, 1.82) is 0 Å². The minimum Gasteiger partial charge on any atom is -0.497 e. The summed E-state index contributed by atoms with van der Waals surface area (Å²) in [4.78, 5) is 12.3. The van der Waals surface area contributed by atoms with E-state index in [1.165, 1.54) is 25.3 Å². The Bertz CT molecular complexity index is 1020. The summed E-state index contributed by atoms with van der Waals surface area (Å²) in [6.45, 7) is 1.83. The Morgan fingerprint density at radius 2 is 1.76 bits per heavy atom. The van der Waals surface area contributed by atoms with E-state index in [-0.39, 0.29) is 17.2 Å². The zero-order chi connectivity index (χ0) is 18.0. The molecule has 25 heavy (non-hydrogen) atoms. The second kappa shape index (κ2) is 6.60. The molecule has 0 aliphatic rings.